The molecular formula is C19H16BrFN2O4S. The highest BCUT2D eigenvalue weighted by Gasteiger charge is 2.33. The number of nitrogens with zero attached hydrogens (tertiary/aromatic N) is 2. The van der Waals surface area contributed by atoms with Crippen molar-refractivity contribution in [2.75, 3.05) is 13.1 Å². The lowest BCUT2D eigenvalue weighted by atomic mass is 9.98. The minimum atomic E-state index is -3.68. The van der Waals surface area contributed by atoms with Crippen LogP contribution >= 0.6 is 15.9 Å². The summed E-state index contributed by atoms with van der Waals surface area (Å²) in [6.07, 6.45) is 0.653. The van der Waals surface area contributed by atoms with Gasteiger partial charge in [0.05, 0.1) is 26.9 Å². The number of piperidine rings is 1. The quantitative estimate of drug-likeness (QED) is 0.508. The first-order valence-corrected chi connectivity index (χ1v) is 10.7. The largest absolute Gasteiger partial charge is 0.425 e. The standard InChI is InChI=1S/C19H16BrFN2O4S/c20-17-11-15(21)3-6-18(17)27-19(24)14-7-9-23(10-8-14)28(25,26)16-4-1-13(12-22)2-5-16/h1-6,11,14H,7-10H2. The van der Waals surface area contributed by atoms with Gasteiger partial charge in [-0.05, 0) is 71.2 Å². The van der Waals surface area contributed by atoms with E-state index < -0.39 is 27.7 Å². The van der Waals surface area contributed by atoms with Crippen molar-refractivity contribution in [2.45, 2.75) is 17.7 Å². The van der Waals surface area contributed by atoms with E-state index in [1.165, 1.54) is 46.8 Å². The third-order valence-electron chi connectivity index (χ3n) is 4.51. The second-order valence-electron chi connectivity index (χ2n) is 6.31. The van der Waals surface area contributed by atoms with Crippen molar-refractivity contribution in [3.05, 3.63) is 58.3 Å². The van der Waals surface area contributed by atoms with E-state index in [0.717, 1.165) is 0 Å². The zero-order valence-electron chi connectivity index (χ0n) is 14.6. The number of carbonyl (C=O) groups is 1. The number of hydrogen-bond acceptors (Lipinski definition) is 5. The Balaban J connectivity index is 1.63. The molecule has 1 fully saturated rings. The maximum absolute atomic E-state index is 13.1. The second kappa shape index (κ2) is 8.39. The first-order chi connectivity index (χ1) is 13.3. The molecule has 0 aromatic heterocycles. The Morgan fingerprint density at radius 1 is 1.18 bits per heavy atom. The molecule has 0 atom stereocenters. The molecule has 1 saturated heterocycles. The van der Waals surface area contributed by atoms with Crippen LogP contribution in [0, 0.1) is 23.1 Å². The fourth-order valence-corrected chi connectivity index (χ4v) is 4.83. The van der Waals surface area contributed by atoms with E-state index in [2.05, 4.69) is 15.9 Å². The molecule has 28 heavy (non-hydrogen) atoms. The number of carbonyl (C=O) groups excluding carboxylic acids is 1. The molecule has 1 aliphatic rings. The molecule has 3 rings (SSSR count). The molecule has 2 aromatic carbocycles. The van der Waals surface area contributed by atoms with Crippen molar-refractivity contribution in [1.29, 1.82) is 5.26 Å². The van der Waals surface area contributed by atoms with Crippen molar-refractivity contribution in [3.63, 3.8) is 0 Å². The molecule has 0 bridgehead atoms. The van der Waals surface area contributed by atoms with Gasteiger partial charge in [0.25, 0.3) is 0 Å². The van der Waals surface area contributed by atoms with Crippen LogP contribution in [0.5, 0.6) is 5.75 Å². The van der Waals surface area contributed by atoms with E-state index in [0.29, 0.717) is 22.9 Å². The molecule has 0 spiro atoms. The number of ether oxygens (including phenoxy) is 1. The molecule has 0 N–H and O–H groups in total. The van der Waals surface area contributed by atoms with Gasteiger partial charge in [-0.15, -0.1) is 0 Å². The molecule has 0 aliphatic carbocycles. The topological polar surface area (TPSA) is 87.5 Å². The predicted octanol–water partition coefficient (Wildman–Crippen LogP) is 3.47. The first kappa shape index (κ1) is 20.5. The van der Waals surface area contributed by atoms with Gasteiger partial charge >= 0.3 is 5.97 Å². The highest BCUT2D eigenvalue weighted by Crippen LogP contribution is 2.29. The summed E-state index contributed by atoms with van der Waals surface area (Å²) >= 11 is 3.15. The van der Waals surface area contributed by atoms with Gasteiger partial charge in [-0.1, -0.05) is 0 Å². The number of hydrogen-bond donors (Lipinski definition) is 0. The van der Waals surface area contributed by atoms with Gasteiger partial charge in [-0.25, -0.2) is 12.8 Å². The molecule has 146 valence electrons. The van der Waals surface area contributed by atoms with E-state index in [9.17, 15) is 17.6 Å². The molecule has 0 radical (unpaired) electrons. The lowest BCUT2D eigenvalue weighted by Crippen LogP contribution is -2.41. The van der Waals surface area contributed by atoms with Gasteiger partial charge in [0.15, 0.2) is 0 Å². The van der Waals surface area contributed by atoms with Gasteiger partial charge in [0.2, 0.25) is 10.0 Å². The normalized spacial score (nSPS) is 15.8. The minimum absolute atomic E-state index is 0.114. The maximum atomic E-state index is 13.1. The third-order valence-corrected chi connectivity index (χ3v) is 7.05. The molecule has 0 amide bonds. The van der Waals surface area contributed by atoms with Crippen LogP contribution in [0.15, 0.2) is 51.8 Å². The van der Waals surface area contributed by atoms with Crippen LogP contribution < -0.4 is 4.74 Å². The van der Waals surface area contributed by atoms with Crippen molar-refractivity contribution in [1.82, 2.24) is 4.31 Å². The lowest BCUT2D eigenvalue weighted by Gasteiger charge is -2.30. The number of halogens is 2. The number of benzene rings is 2. The van der Waals surface area contributed by atoms with E-state index >= 15 is 0 Å². The summed E-state index contributed by atoms with van der Waals surface area (Å²) in [5.74, 6) is -1.14. The Morgan fingerprint density at radius 3 is 2.39 bits per heavy atom. The number of sulfonamides is 1. The smallest absolute Gasteiger partial charge is 0.314 e. The van der Waals surface area contributed by atoms with Crippen molar-refractivity contribution in [3.8, 4) is 11.8 Å². The van der Waals surface area contributed by atoms with Crippen molar-refractivity contribution < 1.29 is 22.3 Å². The van der Waals surface area contributed by atoms with Gasteiger partial charge < -0.3 is 4.74 Å². The van der Waals surface area contributed by atoms with Gasteiger partial charge in [0, 0.05) is 13.1 Å². The van der Waals surface area contributed by atoms with Crippen LogP contribution in [0.25, 0.3) is 0 Å². The zero-order chi connectivity index (χ0) is 20.3. The van der Waals surface area contributed by atoms with Crippen molar-refractivity contribution in [2.24, 2.45) is 5.92 Å². The molecule has 1 aliphatic heterocycles. The number of rotatable bonds is 4. The van der Waals surface area contributed by atoms with E-state index in [-0.39, 0.29) is 23.7 Å². The van der Waals surface area contributed by atoms with Crippen LogP contribution in [-0.2, 0) is 14.8 Å². The Kier molecular flexibility index (Phi) is 6.13. The fraction of sp³-hybridized carbons (Fsp3) is 0.263. The Bertz CT molecular complexity index is 1030. The average molecular weight is 467 g/mol. The summed E-state index contributed by atoms with van der Waals surface area (Å²) in [5, 5.41) is 8.82. The molecule has 6 nitrogen and oxygen atoms in total. The summed E-state index contributed by atoms with van der Waals surface area (Å²) in [6, 6.07) is 11.4. The monoisotopic (exact) mass is 466 g/mol. The highest BCUT2D eigenvalue weighted by molar-refractivity contribution is 9.10. The maximum Gasteiger partial charge on any atom is 0.314 e. The first-order valence-electron chi connectivity index (χ1n) is 8.48. The average Bonchev–Trinajstić information content (AvgIpc) is 2.70. The summed E-state index contributed by atoms with van der Waals surface area (Å²) in [5.41, 5.74) is 0.382. The van der Waals surface area contributed by atoms with Gasteiger partial charge in [-0.3, -0.25) is 4.79 Å². The Morgan fingerprint density at radius 2 is 1.82 bits per heavy atom. The van der Waals surface area contributed by atoms with Crippen LogP contribution in [0.1, 0.15) is 18.4 Å². The molecule has 0 unspecified atom stereocenters. The van der Waals surface area contributed by atoms with Crippen LogP contribution in [0.4, 0.5) is 4.39 Å². The van der Waals surface area contributed by atoms with Gasteiger partial charge in [0.1, 0.15) is 11.6 Å². The summed E-state index contributed by atoms with van der Waals surface area (Å²) in [4.78, 5) is 12.5. The van der Waals surface area contributed by atoms with Crippen LogP contribution in [0.2, 0.25) is 0 Å². The number of esters is 1. The molecule has 1 heterocycles. The fourth-order valence-electron chi connectivity index (χ4n) is 2.93. The predicted molar refractivity (Wildman–Crippen MR) is 102 cm³/mol. The molecule has 9 heteroatoms. The highest BCUT2D eigenvalue weighted by atomic mass is 79.9. The lowest BCUT2D eigenvalue weighted by molar-refractivity contribution is -0.140. The molecule has 2 aromatic rings. The van der Waals surface area contributed by atoms with E-state index in [1.807, 2.05) is 6.07 Å². The third kappa shape index (κ3) is 4.41. The zero-order valence-corrected chi connectivity index (χ0v) is 17.0. The van der Waals surface area contributed by atoms with Crippen LogP contribution in [-0.4, -0.2) is 31.8 Å². The molecular weight excluding hydrogens is 451 g/mol. The second-order valence-corrected chi connectivity index (χ2v) is 9.10. The Labute approximate surface area is 170 Å². The Hall–Kier alpha value is -2.28. The van der Waals surface area contributed by atoms with E-state index in [4.69, 9.17) is 10.00 Å². The molecule has 0 saturated carbocycles. The van der Waals surface area contributed by atoms with Gasteiger partial charge in [-0.2, -0.15) is 9.57 Å². The summed E-state index contributed by atoms with van der Waals surface area (Å²) < 4.78 is 45.5. The summed E-state index contributed by atoms with van der Waals surface area (Å²) in [6.45, 7) is 0.374. The SMILES string of the molecule is N#Cc1ccc(S(=O)(=O)N2CCC(C(=O)Oc3ccc(F)cc3Br)CC2)cc1. The van der Waals surface area contributed by atoms with Crippen LogP contribution in [0.3, 0.4) is 0 Å². The number of nitriles is 1. The van der Waals surface area contributed by atoms with E-state index in [1.54, 1.807) is 0 Å². The summed E-state index contributed by atoms with van der Waals surface area (Å²) in [7, 11) is -3.68. The minimum Gasteiger partial charge on any atom is -0.425 e. The van der Waals surface area contributed by atoms with Crippen molar-refractivity contribution >= 4 is 31.9 Å².